The predicted octanol–water partition coefficient (Wildman–Crippen LogP) is 3.32. The third-order valence-electron chi connectivity index (χ3n) is 4.05. The Balaban J connectivity index is 1.91. The summed E-state index contributed by atoms with van der Waals surface area (Å²) in [5.74, 6) is 0.474. The fourth-order valence-electron chi connectivity index (χ4n) is 3.19. The molecule has 118 valence electrons. The van der Waals surface area contributed by atoms with E-state index in [2.05, 4.69) is 38.0 Å². The summed E-state index contributed by atoms with van der Waals surface area (Å²) in [4.78, 5) is 2.40. The Morgan fingerprint density at radius 3 is 2.71 bits per heavy atom. The topological polar surface area (TPSA) is 15.3 Å². The smallest absolute Gasteiger partial charge is 0.123 e. The van der Waals surface area contributed by atoms with Gasteiger partial charge in [-0.25, -0.2) is 4.39 Å². The first-order valence-corrected chi connectivity index (χ1v) is 7.98. The molecule has 0 bridgehead atoms. The number of nitrogens with zero attached hydrogens (tertiary/aromatic N) is 1. The number of benzene rings is 1. The molecule has 0 radical (unpaired) electrons. The molecular weight excluding hydrogens is 263 g/mol. The lowest BCUT2D eigenvalue weighted by atomic mass is 9.88. The molecule has 1 N–H and O–H groups in total. The molecule has 2 rings (SSSR count). The van der Waals surface area contributed by atoms with Gasteiger partial charge in [0.2, 0.25) is 0 Å². The van der Waals surface area contributed by atoms with Gasteiger partial charge in [-0.05, 0) is 48.9 Å². The SMILES string of the molecule is CN1CC(Cc2cccc(F)c2)CC(NCC(C)(C)C)C1. The lowest BCUT2D eigenvalue weighted by Crippen LogP contribution is -2.49. The zero-order chi connectivity index (χ0) is 15.5. The monoisotopic (exact) mass is 292 g/mol. The summed E-state index contributed by atoms with van der Waals surface area (Å²) in [6.45, 7) is 10.0. The summed E-state index contributed by atoms with van der Waals surface area (Å²) >= 11 is 0. The molecule has 0 aliphatic carbocycles. The van der Waals surface area contributed by atoms with Crippen molar-refractivity contribution in [1.29, 1.82) is 0 Å². The average Bonchev–Trinajstić information content (AvgIpc) is 2.35. The second-order valence-corrected chi connectivity index (χ2v) is 7.80. The van der Waals surface area contributed by atoms with Gasteiger partial charge >= 0.3 is 0 Å². The molecule has 21 heavy (non-hydrogen) atoms. The van der Waals surface area contributed by atoms with E-state index in [-0.39, 0.29) is 5.82 Å². The number of hydrogen-bond acceptors (Lipinski definition) is 2. The quantitative estimate of drug-likeness (QED) is 0.916. The zero-order valence-electron chi connectivity index (χ0n) is 13.8. The molecule has 0 saturated carbocycles. The van der Waals surface area contributed by atoms with Crippen LogP contribution in [0.15, 0.2) is 24.3 Å². The minimum Gasteiger partial charge on any atom is -0.312 e. The van der Waals surface area contributed by atoms with Crippen LogP contribution < -0.4 is 5.32 Å². The number of piperidine rings is 1. The van der Waals surface area contributed by atoms with Gasteiger partial charge in [-0.15, -0.1) is 0 Å². The summed E-state index contributed by atoms with van der Waals surface area (Å²) in [7, 11) is 2.18. The molecule has 2 atom stereocenters. The van der Waals surface area contributed by atoms with Gasteiger partial charge in [-0.1, -0.05) is 32.9 Å². The van der Waals surface area contributed by atoms with Crippen molar-refractivity contribution in [2.45, 2.75) is 39.7 Å². The fourth-order valence-corrected chi connectivity index (χ4v) is 3.19. The van der Waals surface area contributed by atoms with Crippen molar-refractivity contribution in [3.8, 4) is 0 Å². The fraction of sp³-hybridized carbons (Fsp3) is 0.667. The molecule has 2 nitrogen and oxygen atoms in total. The van der Waals surface area contributed by atoms with Crippen molar-refractivity contribution < 1.29 is 4.39 Å². The lowest BCUT2D eigenvalue weighted by Gasteiger charge is -2.37. The average molecular weight is 292 g/mol. The molecular formula is C18H29FN2. The van der Waals surface area contributed by atoms with Gasteiger partial charge in [0.05, 0.1) is 0 Å². The first-order chi connectivity index (χ1) is 9.82. The van der Waals surface area contributed by atoms with E-state index in [9.17, 15) is 4.39 Å². The molecule has 0 amide bonds. The van der Waals surface area contributed by atoms with E-state index in [1.807, 2.05) is 12.1 Å². The second kappa shape index (κ2) is 6.89. The normalized spacial score (nSPS) is 24.2. The molecule has 1 aliphatic heterocycles. The molecule has 1 aliphatic rings. The van der Waals surface area contributed by atoms with E-state index in [4.69, 9.17) is 0 Å². The Morgan fingerprint density at radius 2 is 2.05 bits per heavy atom. The van der Waals surface area contributed by atoms with Crippen molar-refractivity contribution in [2.24, 2.45) is 11.3 Å². The highest BCUT2D eigenvalue weighted by atomic mass is 19.1. The third-order valence-corrected chi connectivity index (χ3v) is 4.05. The first kappa shape index (κ1) is 16.4. The highest BCUT2D eigenvalue weighted by Crippen LogP contribution is 2.22. The molecule has 3 heteroatoms. The van der Waals surface area contributed by atoms with Crippen LogP contribution in [0, 0.1) is 17.2 Å². The Morgan fingerprint density at radius 1 is 1.29 bits per heavy atom. The van der Waals surface area contributed by atoms with Crippen molar-refractivity contribution in [2.75, 3.05) is 26.7 Å². The summed E-state index contributed by atoms with van der Waals surface area (Å²) in [5.41, 5.74) is 1.43. The Labute approximate surface area is 128 Å². The zero-order valence-corrected chi connectivity index (χ0v) is 13.8. The highest BCUT2D eigenvalue weighted by molar-refractivity contribution is 5.17. The largest absolute Gasteiger partial charge is 0.312 e. The summed E-state index contributed by atoms with van der Waals surface area (Å²) < 4.78 is 13.3. The van der Waals surface area contributed by atoms with Gasteiger partial charge in [-0.3, -0.25) is 0 Å². The molecule has 1 fully saturated rings. The Hall–Kier alpha value is -0.930. The van der Waals surface area contributed by atoms with Crippen LogP contribution in [0.4, 0.5) is 4.39 Å². The minimum atomic E-state index is -0.126. The van der Waals surface area contributed by atoms with Gasteiger partial charge in [-0.2, -0.15) is 0 Å². The van der Waals surface area contributed by atoms with Crippen LogP contribution in [0.5, 0.6) is 0 Å². The number of likely N-dealkylation sites (N-methyl/N-ethyl adjacent to an activating group) is 1. The number of likely N-dealkylation sites (tertiary alicyclic amines) is 1. The summed E-state index contributed by atoms with van der Waals surface area (Å²) in [6, 6.07) is 7.58. The van der Waals surface area contributed by atoms with Crippen molar-refractivity contribution in [3.05, 3.63) is 35.6 Å². The van der Waals surface area contributed by atoms with Crippen molar-refractivity contribution in [1.82, 2.24) is 10.2 Å². The number of rotatable bonds is 4. The molecule has 1 aromatic carbocycles. The van der Waals surface area contributed by atoms with Crippen molar-refractivity contribution in [3.63, 3.8) is 0 Å². The van der Waals surface area contributed by atoms with Crippen LogP contribution >= 0.6 is 0 Å². The lowest BCUT2D eigenvalue weighted by molar-refractivity contribution is 0.161. The summed E-state index contributed by atoms with van der Waals surface area (Å²) in [5, 5.41) is 3.70. The van der Waals surface area contributed by atoms with Crippen LogP contribution in [0.25, 0.3) is 0 Å². The van der Waals surface area contributed by atoms with E-state index >= 15 is 0 Å². The molecule has 1 heterocycles. The molecule has 0 spiro atoms. The molecule has 1 aromatic rings. The standard InChI is InChI=1S/C18H29FN2/c1-18(2,3)13-20-17-10-15(11-21(4)12-17)8-14-6-5-7-16(19)9-14/h5-7,9,15,17,20H,8,10-13H2,1-4H3. The number of halogens is 1. The van der Waals surface area contributed by atoms with Crippen LogP contribution in [0.2, 0.25) is 0 Å². The first-order valence-electron chi connectivity index (χ1n) is 7.98. The van der Waals surface area contributed by atoms with E-state index in [1.54, 1.807) is 6.07 Å². The Bertz CT molecular complexity index is 453. The van der Waals surface area contributed by atoms with Gasteiger partial charge in [0, 0.05) is 25.7 Å². The maximum atomic E-state index is 13.3. The maximum absolute atomic E-state index is 13.3. The number of hydrogen-bond donors (Lipinski definition) is 1. The van der Waals surface area contributed by atoms with Crippen molar-refractivity contribution >= 4 is 0 Å². The highest BCUT2D eigenvalue weighted by Gasteiger charge is 2.26. The van der Waals surface area contributed by atoms with E-state index < -0.39 is 0 Å². The van der Waals surface area contributed by atoms with Crippen LogP contribution in [0.1, 0.15) is 32.8 Å². The summed E-state index contributed by atoms with van der Waals surface area (Å²) in [6.07, 6.45) is 2.15. The minimum absolute atomic E-state index is 0.126. The molecule has 1 saturated heterocycles. The van der Waals surface area contributed by atoms with Gasteiger partial charge in [0.25, 0.3) is 0 Å². The van der Waals surface area contributed by atoms with E-state index in [1.165, 1.54) is 12.5 Å². The maximum Gasteiger partial charge on any atom is 0.123 e. The molecule has 0 aromatic heterocycles. The second-order valence-electron chi connectivity index (χ2n) is 7.80. The van der Waals surface area contributed by atoms with Gasteiger partial charge < -0.3 is 10.2 Å². The molecule has 2 unspecified atom stereocenters. The van der Waals surface area contributed by atoms with Crippen LogP contribution in [-0.4, -0.2) is 37.6 Å². The van der Waals surface area contributed by atoms with Crippen LogP contribution in [-0.2, 0) is 6.42 Å². The number of nitrogens with one attached hydrogen (secondary N) is 1. The third kappa shape index (κ3) is 5.76. The van der Waals surface area contributed by atoms with Gasteiger partial charge in [0.15, 0.2) is 0 Å². The Kier molecular flexibility index (Phi) is 5.39. The van der Waals surface area contributed by atoms with E-state index in [0.717, 1.165) is 31.6 Å². The van der Waals surface area contributed by atoms with E-state index in [0.29, 0.717) is 17.4 Å². The predicted molar refractivity (Wildman–Crippen MR) is 87.0 cm³/mol. The van der Waals surface area contributed by atoms with Gasteiger partial charge in [0.1, 0.15) is 5.82 Å². The van der Waals surface area contributed by atoms with Crippen LogP contribution in [0.3, 0.4) is 0 Å².